The molecule has 2 aromatic carbocycles. The van der Waals surface area contributed by atoms with Gasteiger partial charge in [-0.3, -0.25) is 4.79 Å². The molecule has 0 radical (unpaired) electrons. The van der Waals surface area contributed by atoms with E-state index in [-0.39, 0.29) is 28.0 Å². The molecule has 1 amide bonds. The highest BCUT2D eigenvalue weighted by Gasteiger charge is 2.45. The molecule has 0 saturated carbocycles. The van der Waals surface area contributed by atoms with Gasteiger partial charge in [-0.2, -0.15) is 0 Å². The highest BCUT2D eigenvalue weighted by atomic mass is 35.5. The number of aliphatic hydroxyl groups excluding tert-OH is 3. The maximum atomic E-state index is 13.1. The Labute approximate surface area is 229 Å². The fraction of sp³-hybridized carbons (Fsp3) is 0.385. The molecule has 0 unspecified atom stereocenters. The van der Waals surface area contributed by atoms with Gasteiger partial charge in [0.05, 0.1) is 23.8 Å². The van der Waals surface area contributed by atoms with Crippen LogP contribution in [0.5, 0.6) is 5.75 Å². The summed E-state index contributed by atoms with van der Waals surface area (Å²) in [6, 6.07) is 7.48. The second-order valence-corrected chi connectivity index (χ2v) is 9.29. The topological polar surface area (TPSA) is 144 Å². The lowest BCUT2D eigenvalue weighted by Gasteiger charge is -2.41. The molecule has 1 aliphatic rings. The highest BCUT2D eigenvalue weighted by molar-refractivity contribution is 6.38. The van der Waals surface area contributed by atoms with E-state index in [0.717, 1.165) is 11.1 Å². The Morgan fingerprint density at radius 1 is 1.13 bits per heavy atom. The van der Waals surface area contributed by atoms with Gasteiger partial charge in [0, 0.05) is 18.7 Å². The summed E-state index contributed by atoms with van der Waals surface area (Å²) < 4.78 is 21.0. The molecule has 206 valence electrons. The van der Waals surface area contributed by atoms with Crippen molar-refractivity contribution in [1.82, 2.24) is 5.32 Å². The molecule has 3 rings (SSSR count). The lowest BCUT2D eigenvalue weighted by atomic mass is 9.96. The molecular formula is C26H29Cl2NO9. The first-order chi connectivity index (χ1) is 18.1. The second kappa shape index (κ2) is 13.4. The molecule has 0 aromatic heterocycles. The van der Waals surface area contributed by atoms with Crippen LogP contribution >= 0.6 is 23.2 Å². The van der Waals surface area contributed by atoms with Gasteiger partial charge in [0.2, 0.25) is 0 Å². The van der Waals surface area contributed by atoms with E-state index in [1.165, 1.54) is 26.4 Å². The summed E-state index contributed by atoms with van der Waals surface area (Å²) in [7, 11) is 2.61. The van der Waals surface area contributed by atoms with Crippen LogP contribution < -0.4 is 10.1 Å². The number of carbonyl (C=O) groups excluding carboxylic acids is 2. The quantitative estimate of drug-likeness (QED) is 0.264. The second-order valence-electron chi connectivity index (χ2n) is 8.50. The minimum absolute atomic E-state index is 0.0903. The van der Waals surface area contributed by atoms with Gasteiger partial charge in [0.15, 0.2) is 12.0 Å². The number of methoxy groups -OCH3 is 2. The summed E-state index contributed by atoms with van der Waals surface area (Å²) in [6.07, 6.45) is -2.17. The van der Waals surface area contributed by atoms with Crippen molar-refractivity contribution in [2.45, 2.75) is 44.2 Å². The number of ether oxygens (including phenoxy) is 4. The maximum Gasteiger partial charge on any atom is 0.330 e. The van der Waals surface area contributed by atoms with E-state index in [9.17, 15) is 24.9 Å². The van der Waals surface area contributed by atoms with Gasteiger partial charge < -0.3 is 39.6 Å². The molecular weight excluding hydrogens is 541 g/mol. The van der Waals surface area contributed by atoms with Crippen molar-refractivity contribution in [3.63, 3.8) is 0 Å². The number of hydrogen-bond donors (Lipinski definition) is 4. The molecule has 1 fully saturated rings. The summed E-state index contributed by atoms with van der Waals surface area (Å²) in [5.41, 5.74) is 2.10. The number of amides is 1. The van der Waals surface area contributed by atoms with Crippen LogP contribution in [0, 0.1) is 6.92 Å². The maximum absolute atomic E-state index is 13.1. The molecule has 0 bridgehead atoms. The van der Waals surface area contributed by atoms with E-state index < -0.39 is 49.1 Å². The van der Waals surface area contributed by atoms with Crippen molar-refractivity contribution in [3.05, 3.63) is 68.7 Å². The third-order valence-corrected chi connectivity index (χ3v) is 6.79. The van der Waals surface area contributed by atoms with Gasteiger partial charge in [0.25, 0.3) is 5.91 Å². The van der Waals surface area contributed by atoms with E-state index in [2.05, 4.69) is 10.1 Å². The van der Waals surface area contributed by atoms with Gasteiger partial charge in [-0.1, -0.05) is 47.5 Å². The average Bonchev–Trinajstić information content (AvgIpc) is 2.92. The van der Waals surface area contributed by atoms with Crippen LogP contribution in [-0.4, -0.2) is 78.7 Å². The Balaban J connectivity index is 1.72. The molecule has 2 aromatic rings. The van der Waals surface area contributed by atoms with Gasteiger partial charge in [-0.25, -0.2) is 4.79 Å². The van der Waals surface area contributed by atoms with Crippen molar-refractivity contribution in [1.29, 1.82) is 0 Å². The fourth-order valence-corrected chi connectivity index (χ4v) is 4.41. The Hall–Kier alpha value is -2.70. The van der Waals surface area contributed by atoms with Crippen molar-refractivity contribution < 1.29 is 43.9 Å². The summed E-state index contributed by atoms with van der Waals surface area (Å²) in [6.45, 7) is 1.21. The predicted octanol–water partition coefficient (Wildman–Crippen LogP) is 2.25. The number of rotatable bonds is 9. The number of benzene rings is 2. The number of hydrogen-bond acceptors (Lipinski definition) is 9. The highest BCUT2D eigenvalue weighted by Crippen LogP contribution is 2.38. The number of nitrogens with one attached hydrogen (secondary N) is 1. The fourth-order valence-electron chi connectivity index (χ4n) is 3.84. The number of halogens is 2. The molecule has 1 aliphatic heterocycles. The van der Waals surface area contributed by atoms with E-state index in [1.54, 1.807) is 25.1 Å². The summed E-state index contributed by atoms with van der Waals surface area (Å²) in [4.78, 5) is 24.3. The van der Waals surface area contributed by atoms with E-state index in [1.807, 2.05) is 12.1 Å². The Kier molecular flexibility index (Phi) is 10.5. The molecule has 0 aliphatic carbocycles. The van der Waals surface area contributed by atoms with E-state index >= 15 is 0 Å². The summed E-state index contributed by atoms with van der Waals surface area (Å²) in [5.74, 6) is -0.907. The van der Waals surface area contributed by atoms with Crippen molar-refractivity contribution >= 4 is 41.2 Å². The van der Waals surface area contributed by atoms with Crippen LogP contribution in [0.1, 0.15) is 27.0 Å². The van der Waals surface area contributed by atoms with E-state index in [0.29, 0.717) is 5.56 Å². The Morgan fingerprint density at radius 2 is 1.82 bits per heavy atom. The molecule has 10 nitrogen and oxygen atoms in total. The van der Waals surface area contributed by atoms with Crippen LogP contribution in [-0.2, 0) is 25.6 Å². The third kappa shape index (κ3) is 6.83. The zero-order valence-corrected chi connectivity index (χ0v) is 22.4. The standard InChI is InChI=1S/C26H29Cl2NO9/c1-13-16(25(34)29-21-23(33)22(32)18(11-30)38-26(21)36-3)10-17(27)24(20(13)28)37-12-15-6-4-14(5-7-15)8-9-19(31)35-2/h4-10,18,21-23,26,30,32-33H,11-12H2,1-3H3,(H,29,34)/b9-8+/t18-,21-,22-,23-,26+/m1/s1. The smallest absolute Gasteiger partial charge is 0.330 e. The van der Waals surface area contributed by atoms with Crippen molar-refractivity contribution in [3.8, 4) is 5.75 Å². The monoisotopic (exact) mass is 569 g/mol. The normalized spacial score (nSPS) is 23.3. The zero-order chi connectivity index (χ0) is 28.0. The third-order valence-electron chi connectivity index (χ3n) is 6.05. The first-order valence-electron chi connectivity index (χ1n) is 11.5. The lowest BCUT2D eigenvalue weighted by molar-refractivity contribution is -0.261. The molecule has 1 heterocycles. The van der Waals surface area contributed by atoms with Crippen molar-refractivity contribution in [2.75, 3.05) is 20.8 Å². The van der Waals surface area contributed by atoms with Crippen LogP contribution in [0.25, 0.3) is 6.08 Å². The largest absolute Gasteiger partial charge is 0.486 e. The molecule has 38 heavy (non-hydrogen) atoms. The lowest BCUT2D eigenvalue weighted by Crippen LogP contribution is -2.64. The zero-order valence-electron chi connectivity index (χ0n) is 20.9. The van der Waals surface area contributed by atoms with Gasteiger partial charge in [0.1, 0.15) is 31.0 Å². The minimum atomic E-state index is -1.47. The van der Waals surface area contributed by atoms with Crippen LogP contribution in [0.4, 0.5) is 0 Å². The van der Waals surface area contributed by atoms with Gasteiger partial charge in [-0.05, 0) is 35.8 Å². The molecule has 12 heteroatoms. The molecule has 4 N–H and O–H groups in total. The average molecular weight is 570 g/mol. The SMILES string of the molecule is COC(=O)/C=C/c1ccc(COc2c(Cl)cc(C(=O)N[C@H]3[C@@H](OC)O[C@H](CO)[C@@H](O)[C@@H]3O)c(C)c2Cl)cc1. The summed E-state index contributed by atoms with van der Waals surface area (Å²) in [5, 5.41) is 32.8. The van der Waals surface area contributed by atoms with E-state index in [4.69, 9.17) is 37.4 Å². The molecule has 5 atom stereocenters. The number of esters is 1. The molecule has 1 saturated heterocycles. The predicted molar refractivity (Wildman–Crippen MR) is 139 cm³/mol. The number of aliphatic hydroxyl groups is 3. The molecule has 0 spiro atoms. The first-order valence-corrected chi connectivity index (χ1v) is 12.3. The van der Waals surface area contributed by atoms with Crippen LogP contribution in [0.2, 0.25) is 10.0 Å². The first kappa shape index (κ1) is 29.9. The number of carbonyl (C=O) groups is 2. The minimum Gasteiger partial charge on any atom is -0.486 e. The van der Waals surface area contributed by atoms with Crippen LogP contribution in [0.15, 0.2) is 36.4 Å². The van der Waals surface area contributed by atoms with Crippen molar-refractivity contribution in [2.24, 2.45) is 0 Å². The van der Waals surface area contributed by atoms with Crippen LogP contribution in [0.3, 0.4) is 0 Å². The van der Waals surface area contributed by atoms with Gasteiger partial charge in [-0.15, -0.1) is 0 Å². The Bertz CT molecular complexity index is 1170. The summed E-state index contributed by atoms with van der Waals surface area (Å²) >= 11 is 12.9. The van der Waals surface area contributed by atoms with Gasteiger partial charge >= 0.3 is 5.97 Å². The Morgan fingerprint density at radius 3 is 2.42 bits per heavy atom.